The van der Waals surface area contributed by atoms with Crippen LogP contribution in [0.1, 0.15) is 45.4 Å². The van der Waals surface area contributed by atoms with Crippen LogP contribution in [0.15, 0.2) is 0 Å². The fourth-order valence-electron chi connectivity index (χ4n) is 2.14. The van der Waals surface area contributed by atoms with Crippen LogP contribution in [0, 0.1) is 0 Å². The third-order valence-corrected chi connectivity index (χ3v) is 3.43. The molecule has 0 radical (unpaired) electrons. The summed E-state index contributed by atoms with van der Waals surface area (Å²) in [7, 11) is 1.70. The van der Waals surface area contributed by atoms with E-state index in [4.69, 9.17) is 10.5 Å². The van der Waals surface area contributed by atoms with Crippen LogP contribution in [0.25, 0.3) is 0 Å². The highest BCUT2D eigenvalue weighted by atomic mass is 16.5. The van der Waals surface area contributed by atoms with Gasteiger partial charge in [0.2, 0.25) is 5.91 Å². The van der Waals surface area contributed by atoms with E-state index in [0.29, 0.717) is 13.0 Å². The zero-order chi connectivity index (χ0) is 12.0. The van der Waals surface area contributed by atoms with Gasteiger partial charge in [0.05, 0.1) is 12.0 Å². The van der Waals surface area contributed by atoms with Crippen molar-refractivity contribution in [1.29, 1.82) is 0 Å². The van der Waals surface area contributed by atoms with Crippen molar-refractivity contribution in [3.63, 3.8) is 0 Å². The van der Waals surface area contributed by atoms with Gasteiger partial charge < -0.3 is 15.8 Å². The van der Waals surface area contributed by atoms with Crippen molar-refractivity contribution in [2.45, 2.75) is 57.1 Å². The average molecular weight is 228 g/mol. The molecule has 0 aromatic carbocycles. The van der Waals surface area contributed by atoms with Gasteiger partial charge >= 0.3 is 0 Å². The van der Waals surface area contributed by atoms with Crippen molar-refractivity contribution < 1.29 is 9.53 Å². The minimum atomic E-state index is -0.169. The predicted molar refractivity (Wildman–Crippen MR) is 64.1 cm³/mol. The van der Waals surface area contributed by atoms with Crippen LogP contribution in [0.3, 0.4) is 0 Å². The summed E-state index contributed by atoms with van der Waals surface area (Å²) < 4.78 is 5.43. The summed E-state index contributed by atoms with van der Waals surface area (Å²) in [5.74, 6) is 0.103. The summed E-state index contributed by atoms with van der Waals surface area (Å²) in [5.41, 5.74) is 5.26. The summed E-state index contributed by atoms with van der Waals surface area (Å²) in [6.45, 7) is 2.70. The average Bonchev–Trinajstić information content (AvgIpc) is 2.20. The van der Waals surface area contributed by atoms with Crippen molar-refractivity contribution in [1.82, 2.24) is 5.32 Å². The van der Waals surface area contributed by atoms with E-state index in [2.05, 4.69) is 5.32 Å². The number of hydrogen-bond acceptors (Lipinski definition) is 3. The van der Waals surface area contributed by atoms with Gasteiger partial charge in [-0.05, 0) is 45.6 Å². The Bertz CT molecular complexity index is 222. The molecule has 1 atom stereocenters. The second-order valence-corrected chi connectivity index (χ2v) is 4.82. The zero-order valence-corrected chi connectivity index (χ0v) is 10.4. The summed E-state index contributed by atoms with van der Waals surface area (Å²) in [6.07, 6.45) is 5.58. The van der Waals surface area contributed by atoms with E-state index in [1.165, 1.54) is 6.42 Å². The number of amides is 1. The Morgan fingerprint density at radius 1 is 1.56 bits per heavy atom. The smallest absolute Gasteiger partial charge is 0.223 e. The molecule has 1 unspecified atom stereocenters. The van der Waals surface area contributed by atoms with Crippen LogP contribution in [0.2, 0.25) is 0 Å². The molecule has 0 saturated heterocycles. The molecule has 3 N–H and O–H groups in total. The standard InChI is InChI=1S/C12H24N2O2/c1-10(5-3-8-13)14-11(15)9-12(16-2)6-4-7-12/h10H,3-9,13H2,1-2H3,(H,14,15). The largest absolute Gasteiger partial charge is 0.378 e. The van der Waals surface area contributed by atoms with E-state index in [1.54, 1.807) is 7.11 Å². The summed E-state index contributed by atoms with van der Waals surface area (Å²) in [4.78, 5) is 11.8. The number of ether oxygens (including phenoxy) is 1. The molecule has 0 aromatic heterocycles. The summed E-state index contributed by atoms with van der Waals surface area (Å²) in [6, 6.07) is 0.213. The first-order valence-electron chi connectivity index (χ1n) is 6.16. The molecule has 1 aliphatic carbocycles. The molecule has 0 bridgehead atoms. The molecule has 1 fully saturated rings. The van der Waals surface area contributed by atoms with Crippen molar-refractivity contribution in [2.24, 2.45) is 5.73 Å². The fraction of sp³-hybridized carbons (Fsp3) is 0.917. The van der Waals surface area contributed by atoms with Crippen LogP contribution >= 0.6 is 0 Å². The lowest BCUT2D eigenvalue weighted by Gasteiger charge is -2.40. The van der Waals surface area contributed by atoms with E-state index < -0.39 is 0 Å². The van der Waals surface area contributed by atoms with Crippen molar-refractivity contribution >= 4 is 5.91 Å². The van der Waals surface area contributed by atoms with Gasteiger partial charge in [-0.2, -0.15) is 0 Å². The number of methoxy groups -OCH3 is 1. The van der Waals surface area contributed by atoms with Crippen molar-refractivity contribution in [3.8, 4) is 0 Å². The van der Waals surface area contributed by atoms with Crippen molar-refractivity contribution in [3.05, 3.63) is 0 Å². The Labute approximate surface area is 97.9 Å². The minimum absolute atomic E-state index is 0.103. The predicted octanol–water partition coefficient (Wildman–Crippen LogP) is 1.19. The molecule has 16 heavy (non-hydrogen) atoms. The molecule has 94 valence electrons. The quantitative estimate of drug-likeness (QED) is 0.688. The number of nitrogens with two attached hydrogens (primary N) is 1. The van der Waals surface area contributed by atoms with E-state index in [-0.39, 0.29) is 17.6 Å². The first-order chi connectivity index (χ1) is 7.62. The van der Waals surface area contributed by atoms with Gasteiger partial charge in [-0.25, -0.2) is 0 Å². The Morgan fingerprint density at radius 2 is 2.25 bits per heavy atom. The first-order valence-corrected chi connectivity index (χ1v) is 6.16. The van der Waals surface area contributed by atoms with E-state index >= 15 is 0 Å². The summed E-state index contributed by atoms with van der Waals surface area (Å²) in [5, 5.41) is 3.00. The molecule has 0 spiro atoms. The normalized spacial score (nSPS) is 19.9. The van der Waals surface area contributed by atoms with Gasteiger partial charge in [-0.15, -0.1) is 0 Å². The molecule has 1 saturated carbocycles. The van der Waals surface area contributed by atoms with Crippen LogP contribution in [0.4, 0.5) is 0 Å². The maximum absolute atomic E-state index is 11.8. The third kappa shape index (κ3) is 3.76. The molecule has 0 aliphatic heterocycles. The van der Waals surface area contributed by atoms with Gasteiger partial charge in [0.1, 0.15) is 0 Å². The van der Waals surface area contributed by atoms with Crippen LogP contribution in [-0.4, -0.2) is 31.2 Å². The maximum Gasteiger partial charge on any atom is 0.223 e. The zero-order valence-electron chi connectivity index (χ0n) is 10.4. The van der Waals surface area contributed by atoms with E-state index in [0.717, 1.165) is 25.7 Å². The molecule has 1 aliphatic rings. The summed E-state index contributed by atoms with van der Waals surface area (Å²) >= 11 is 0. The van der Waals surface area contributed by atoms with Gasteiger partial charge in [-0.3, -0.25) is 4.79 Å². The molecule has 4 heteroatoms. The maximum atomic E-state index is 11.8. The highest BCUT2D eigenvalue weighted by Gasteiger charge is 2.39. The molecular formula is C12H24N2O2. The van der Waals surface area contributed by atoms with Gasteiger partial charge in [0.15, 0.2) is 0 Å². The number of carbonyl (C=O) groups excluding carboxylic acids is 1. The molecular weight excluding hydrogens is 204 g/mol. The van der Waals surface area contributed by atoms with Gasteiger partial charge in [-0.1, -0.05) is 0 Å². The molecule has 4 nitrogen and oxygen atoms in total. The lowest BCUT2D eigenvalue weighted by molar-refractivity contribution is -0.134. The van der Waals surface area contributed by atoms with Gasteiger partial charge in [0, 0.05) is 13.2 Å². The number of carbonyl (C=O) groups is 1. The SMILES string of the molecule is COC1(CC(=O)NC(C)CCCN)CCC1. The monoisotopic (exact) mass is 228 g/mol. The Hall–Kier alpha value is -0.610. The Balaban J connectivity index is 2.24. The van der Waals surface area contributed by atoms with Gasteiger partial charge in [0.25, 0.3) is 0 Å². The molecule has 0 heterocycles. The Kier molecular flexibility index (Phi) is 5.22. The number of nitrogens with one attached hydrogen (secondary N) is 1. The fourth-order valence-corrected chi connectivity index (χ4v) is 2.14. The van der Waals surface area contributed by atoms with E-state index in [1.807, 2.05) is 6.92 Å². The lowest BCUT2D eigenvalue weighted by Crippen LogP contribution is -2.45. The molecule has 1 amide bonds. The van der Waals surface area contributed by atoms with Crippen LogP contribution < -0.4 is 11.1 Å². The first kappa shape index (κ1) is 13.5. The highest BCUT2D eigenvalue weighted by Crippen LogP contribution is 2.37. The third-order valence-electron chi connectivity index (χ3n) is 3.43. The number of hydrogen-bond donors (Lipinski definition) is 2. The van der Waals surface area contributed by atoms with E-state index in [9.17, 15) is 4.79 Å². The second kappa shape index (κ2) is 6.21. The highest BCUT2D eigenvalue weighted by molar-refractivity contribution is 5.77. The number of rotatable bonds is 7. The second-order valence-electron chi connectivity index (χ2n) is 4.82. The molecule has 0 aromatic rings. The van der Waals surface area contributed by atoms with Crippen LogP contribution in [-0.2, 0) is 9.53 Å². The Morgan fingerprint density at radius 3 is 2.69 bits per heavy atom. The topological polar surface area (TPSA) is 64.3 Å². The van der Waals surface area contributed by atoms with Crippen molar-refractivity contribution in [2.75, 3.05) is 13.7 Å². The minimum Gasteiger partial charge on any atom is -0.378 e. The molecule has 1 rings (SSSR count). The lowest BCUT2D eigenvalue weighted by atomic mass is 9.77. The van der Waals surface area contributed by atoms with Crippen LogP contribution in [0.5, 0.6) is 0 Å².